The Morgan fingerprint density at radius 2 is 2.04 bits per heavy atom. The van der Waals surface area contributed by atoms with Crippen LogP contribution in [0.5, 0.6) is 5.75 Å². The fourth-order valence-corrected chi connectivity index (χ4v) is 5.33. The molecule has 1 fully saturated rings. The van der Waals surface area contributed by atoms with Gasteiger partial charge in [0.15, 0.2) is 11.8 Å². The van der Waals surface area contributed by atoms with Crippen molar-refractivity contribution in [2.75, 3.05) is 19.7 Å². The molecule has 1 heterocycles. The van der Waals surface area contributed by atoms with Gasteiger partial charge in [0.1, 0.15) is 11.8 Å². The Kier molecular flexibility index (Phi) is 7.36. The number of aliphatic imine (C=N–C) groups is 1. The molecule has 1 aliphatic rings. The van der Waals surface area contributed by atoms with Crippen molar-refractivity contribution in [2.24, 2.45) is 4.99 Å². The summed E-state index contributed by atoms with van der Waals surface area (Å²) in [7, 11) is 0. The fourth-order valence-electron chi connectivity index (χ4n) is 2.10. The van der Waals surface area contributed by atoms with Crippen molar-refractivity contribution in [2.45, 2.75) is 13.8 Å². The number of ether oxygens (including phenoxy) is 1. The lowest BCUT2D eigenvalue weighted by molar-refractivity contribution is -0.122. The standard InChI is InChI=1S/C16H15I2N3O2S/c1-3-20-16-21(4-2)15(22)13(24-16)9-10-7-11(17)14(12(18)8-10)23-6-5-19/h7-9H,3-4,6H2,1-2H3/b13-9-,20-16?. The van der Waals surface area contributed by atoms with Crippen LogP contribution in [-0.4, -0.2) is 35.7 Å². The van der Waals surface area contributed by atoms with E-state index >= 15 is 0 Å². The van der Waals surface area contributed by atoms with Crippen LogP contribution in [0.4, 0.5) is 0 Å². The molecule has 8 heteroatoms. The molecular formula is C16H15I2N3O2S. The Hall–Kier alpha value is -0.800. The van der Waals surface area contributed by atoms with Gasteiger partial charge in [0.2, 0.25) is 0 Å². The van der Waals surface area contributed by atoms with E-state index in [-0.39, 0.29) is 12.5 Å². The third kappa shape index (κ3) is 4.43. The Bertz CT molecular complexity index is 733. The van der Waals surface area contributed by atoms with Gasteiger partial charge in [-0.25, -0.2) is 0 Å². The quantitative estimate of drug-likeness (QED) is 0.397. The van der Waals surface area contributed by atoms with E-state index in [0.29, 0.717) is 23.7 Å². The molecule has 0 aromatic heterocycles. The van der Waals surface area contributed by atoms with Crippen LogP contribution < -0.4 is 4.74 Å². The molecule has 1 aliphatic heterocycles. The second-order valence-electron chi connectivity index (χ2n) is 4.68. The zero-order valence-electron chi connectivity index (χ0n) is 13.2. The Morgan fingerprint density at radius 1 is 1.38 bits per heavy atom. The summed E-state index contributed by atoms with van der Waals surface area (Å²) in [5, 5.41) is 9.41. The normalized spacial score (nSPS) is 17.6. The number of hydrogen-bond acceptors (Lipinski definition) is 5. The van der Waals surface area contributed by atoms with Gasteiger partial charge in [-0.1, -0.05) is 0 Å². The van der Waals surface area contributed by atoms with Crippen LogP contribution in [0.1, 0.15) is 19.4 Å². The smallest absolute Gasteiger partial charge is 0.266 e. The van der Waals surface area contributed by atoms with E-state index in [1.165, 1.54) is 11.8 Å². The summed E-state index contributed by atoms with van der Waals surface area (Å²) in [6.07, 6.45) is 1.88. The molecule has 0 radical (unpaired) electrons. The molecule has 1 saturated heterocycles. The molecule has 0 spiro atoms. The maximum atomic E-state index is 12.5. The van der Waals surface area contributed by atoms with Crippen molar-refractivity contribution < 1.29 is 9.53 Å². The summed E-state index contributed by atoms with van der Waals surface area (Å²) in [4.78, 5) is 19.2. The minimum atomic E-state index is -0.00970. The third-order valence-corrected chi connectivity index (χ3v) is 5.74. The summed E-state index contributed by atoms with van der Waals surface area (Å²) < 4.78 is 7.27. The molecule has 1 aromatic carbocycles. The van der Waals surface area contributed by atoms with Gasteiger partial charge in [0.05, 0.1) is 12.0 Å². The van der Waals surface area contributed by atoms with Crippen LogP contribution in [0.15, 0.2) is 22.0 Å². The molecular weight excluding hydrogens is 552 g/mol. The number of rotatable bonds is 5. The minimum absolute atomic E-state index is 0.00970. The van der Waals surface area contributed by atoms with E-state index < -0.39 is 0 Å². The molecule has 5 nitrogen and oxygen atoms in total. The molecule has 0 atom stereocenters. The first-order valence-corrected chi connectivity index (χ1v) is 10.2. The highest BCUT2D eigenvalue weighted by Gasteiger charge is 2.31. The zero-order chi connectivity index (χ0) is 17.7. The highest BCUT2D eigenvalue weighted by atomic mass is 127. The summed E-state index contributed by atoms with van der Waals surface area (Å²) in [6.45, 7) is 5.18. The highest BCUT2D eigenvalue weighted by molar-refractivity contribution is 14.1. The van der Waals surface area contributed by atoms with Crippen LogP contribution in [0.3, 0.4) is 0 Å². The SMILES string of the molecule is CCN=C1S/C(=C\c2cc(I)c(OCC#N)c(I)c2)C(=O)N1CC. The van der Waals surface area contributed by atoms with Gasteiger partial charge in [-0.05, 0) is 94.6 Å². The second kappa shape index (κ2) is 9.05. The molecule has 0 N–H and O–H groups in total. The van der Waals surface area contributed by atoms with Crippen molar-refractivity contribution in [3.63, 3.8) is 0 Å². The van der Waals surface area contributed by atoms with Crippen LogP contribution in [0.25, 0.3) is 6.08 Å². The number of nitrogens with zero attached hydrogens (tertiary/aromatic N) is 3. The van der Waals surface area contributed by atoms with Crippen LogP contribution in [-0.2, 0) is 4.79 Å². The first-order chi connectivity index (χ1) is 11.5. The first kappa shape index (κ1) is 19.5. The second-order valence-corrected chi connectivity index (χ2v) is 8.01. The predicted octanol–water partition coefficient (Wildman–Crippen LogP) is 4.11. The summed E-state index contributed by atoms with van der Waals surface area (Å²) in [6, 6.07) is 5.86. The maximum absolute atomic E-state index is 12.5. The van der Waals surface area contributed by atoms with Gasteiger partial charge in [-0.3, -0.25) is 14.7 Å². The molecule has 126 valence electrons. The molecule has 0 bridgehead atoms. The predicted molar refractivity (Wildman–Crippen MR) is 114 cm³/mol. The van der Waals surface area contributed by atoms with Gasteiger partial charge >= 0.3 is 0 Å². The highest BCUT2D eigenvalue weighted by Crippen LogP contribution is 2.34. The van der Waals surface area contributed by atoms with E-state index in [1.54, 1.807) is 4.90 Å². The number of amidine groups is 1. The van der Waals surface area contributed by atoms with E-state index in [2.05, 4.69) is 50.2 Å². The number of likely N-dealkylation sites (N-methyl/N-ethyl adjacent to an activating group) is 1. The number of halogens is 2. The average Bonchev–Trinajstić information content (AvgIpc) is 2.82. The number of carbonyl (C=O) groups is 1. The first-order valence-electron chi connectivity index (χ1n) is 7.26. The third-order valence-electron chi connectivity index (χ3n) is 3.10. The van der Waals surface area contributed by atoms with Crippen molar-refractivity contribution in [1.82, 2.24) is 4.90 Å². The van der Waals surface area contributed by atoms with E-state index in [9.17, 15) is 4.79 Å². The lowest BCUT2D eigenvalue weighted by atomic mass is 10.2. The van der Waals surface area contributed by atoms with Gasteiger partial charge in [-0.2, -0.15) is 5.26 Å². The van der Waals surface area contributed by atoms with Gasteiger partial charge in [-0.15, -0.1) is 0 Å². The van der Waals surface area contributed by atoms with Crippen LogP contribution in [0.2, 0.25) is 0 Å². The van der Waals surface area contributed by atoms with Gasteiger partial charge in [0.25, 0.3) is 5.91 Å². The fraction of sp³-hybridized carbons (Fsp3) is 0.312. The topological polar surface area (TPSA) is 65.7 Å². The summed E-state index contributed by atoms with van der Waals surface area (Å²) in [5.74, 6) is 0.693. The van der Waals surface area contributed by atoms with Crippen molar-refractivity contribution in [3.8, 4) is 11.8 Å². The van der Waals surface area contributed by atoms with Gasteiger partial charge in [0, 0.05) is 13.1 Å². The molecule has 0 saturated carbocycles. The molecule has 1 aromatic rings. The molecule has 0 aliphatic carbocycles. The van der Waals surface area contributed by atoms with Crippen molar-refractivity contribution in [3.05, 3.63) is 29.7 Å². The van der Waals surface area contributed by atoms with Crippen LogP contribution >= 0.6 is 56.9 Å². The van der Waals surface area contributed by atoms with Crippen molar-refractivity contribution >= 4 is 74.1 Å². The number of amides is 1. The average molecular weight is 567 g/mol. The molecule has 0 unspecified atom stereocenters. The minimum Gasteiger partial charge on any atom is -0.477 e. The Labute approximate surface area is 172 Å². The van der Waals surface area contributed by atoms with Gasteiger partial charge < -0.3 is 4.74 Å². The lowest BCUT2D eigenvalue weighted by Gasteiger charge is -2.11. The van der Waals surface area contributed by atoms with Crippen molar-refractivity contribution in [1.29, 1.82) is 5.26 Å². The number of benzene rings is 1. The monoisotopic (exact) mass is 567 g/mol. The zero-order valence-corrected chi connectivity index (χ0v) is 18.3. The number of nitriles is 1. The molecule has 24 heavy (non-hydrogen) atoms. The van der Waals surface area contributed by atoms with Crippen LogP contribution in [0, 0.1) is 18.5 Å². The van der Waals surface area contributed by atoms with E-state index in [0.717, 1.165) is 17.9 Å². The number of hydrogen-bond donors (Lipinski definition) is 0. The van der Waals surface area contributed by atoms with E-state index in [4.69, 9.17) is 10.00 Å². The molecule has 1 amide bonds. The summed E-state index contributed by atoms with van der Waals surface area (Å²) >= 11 is 5.76. The largest absolute Gasteiger partial charge is 0.477 e. The Balaban J connectivity index is 2.33. The Morgan fingerprint density at radius 3 is 2.58 bits per heavy atom. The summed E-state index contributed by atoms with van der Waals surface area (Å²) in [5.41, 5.74) is 0.928. The van der Waals surface area contributed by atoms with E-state index in [1.807, 2.05) is 38.1 Å². The maximum Gasteiger partial charge on any atom is 0.266 e. The number of carbonyl (C=O) groups excluding carboxylic acids is 1. The lowest BCUT2D eigenvalue weighted by Crippen LogP contribution is -2.28. The molecule has 2 rings (SSSR count). The number of thioether (sulfide) groups is 1.